The van der Waals surface area contributed by atoms with Crippen LogP contribution in [0.1, 0.15) is 18.4 Å². The van der Waals surface area contributed by atoms with Crippen LogP contribution in [0.3, 0.4) is 0 Å². The van der Waals surface area contributed by atoms with Crippen molar-refractivity contribution in [3.8, 4) is 5.75 Å². The number of carbonyl (C=O) groups is 1. The Balaban J connectivity index is 2.04. The Morgan fingerprint density at radius 1 is 1.60 bits per heavy atom. The van der Waals surface area contributed by atoms with Crippen LogP contribution in [-0.2, 0) is 4.79 Å². The highest BCUT2D eigenvalue weighted by Gasteiger charge is 2.29. The van der Waals surface area contributed by atoms with Crippen molar-refractivity contribution in [2.24, 2.45) is 0 Å². The molecular weight excluding hydrogens is 264 g/mol. The summed E-state index contributed by atoms with van der Waals surface area (Å²) >= 11 is 0. The maximum Gasteiger partial charge on any atom is 0.324 e. The fraction of sp³-hybridized carbons (Fsp3) is 0.462. The predicted molar refractivity (Wildman–Crippen MR) is 70.9 cm³/mol. The predicted octanol–water partition coefficient (Wildman–Crippen LogP) is 1.49. The van der Waals surface area contributed by atoms with Crippen LogP contribution >= 0.6 is 0 Å². The Hall–Kier alpha value is -2.15. The summed E-state index contributed by atoms with van der Waals surface area (Å²) in [6.45, 7) is 1.60. The molecule has 1 atom stereocenters. The molecule has 0 bridgehead atoms. The van der Waals surface area contributed by atoms with E-state index in [4.69, 9.17) is 9.84 Å². The zero-order valence-electron chi connectivity index (χ0n) is 11.0. The molecule has 2 rings (SSSR count). The van der Waals surface area contributed by atoms with Gasteiger partial charge in [-0.05, 0) is 31.4 Å². The summed E-state index contributed by atoms with van der Waals surface area (Å²) in [4.78, 5) is 21.5. The monoisotopic (exact) mass is 280 g/mol. The molecule has 0 radical (unpaired) electrons. The molecular formula is C13H16N2O5. The third-order valence-corrected chi connectivity index (χ3v) is 3.03. The number of ether oxygens (including phenoxy) is 1. The second-order valence-corrected chi connectivity index (χ2v) is 4.87. The molecule has 7 heteroatoms. The van der Waals surface area contributed by atoms with Crippen LogP contribution < -0.4 is 10.1 Å². The van der Waals surface area contributed by atoms with Gasteiger partial charge >= 0.3 is 11.7 Å². The van der Waals surface area contributed by atoms with Crippen LogP contribution in [0.2, 0.25) is 0 Å². The molecule has 1 aliphatic rings. The van der Waals surface area contributed by atoms with Crippen molar-refractivity contribution in [3.05, 3.63) is 33.9 Å². The molecule has 108 valence electrons. The highest BCUT2D eigenvalue weighted by molar-refractivity contribution is 5.73. The number of carboxylic acids is 1. The number of aliphatic carboxylic acids is 1. The molecule has 20 heavy (non-hydrogen) atoms. The fourth-order valence-electron chi connectivity index (χ4n) is 1.79. The number of nitro groups is 1. The molecule has 1 aliphatic carbocycles. The van der Waals surface area contributed by atoms with Gasteiger partial charge in [-0.1, -0.05) is 6.07 Å². The van der Waals surface area contributed by atoms with Crippen molar-refractivity contribution in [2.45, 2.75) is 31.8 Å². The highest BCUT2D eigenvalue weighted by Crippen LogP contribution is 2.28. The van der Waals surface area contributed by atoms with Crippen molar-refractivity contribution in [1.82, 2.24) is 5.32 Å². The van der Waals surface area contributed by atoms with Crippen molar-refractivity contribution in [1.29, 1.82) is 0 Å². The summed E-state index contributed by atoms with van der Waals surface area (Å²) in [7, 11) is 0. The number of carboxylic acid groups (broad SMARTS) is 1. The largest absolute Gasteiger partial charge is 0.485 e. The lowest BCUT2D eigenvalue weighted by molar-refractivity contribution is -0.385. The van der Waals surface area contributed by atoms with Crippen molar-refractivity contribution >= 4 is 11.7 Å². The van der Waals surface area contributed by atoms with E-state index in [-0.39, 0.29) is 24.1 Å². The van der Waals surface area contributed by atoms with E-state index in [1.54, 1.807) is 13.0 Å². The molecule has 7 nitrogen and oxygen atoms in total. The number of nitrogens with one attached hydrogen (secondary N) is 1. The van der Waals surface area contributed by atoms with E-state index in [0.717, 1.165) is 18.4 Å². The zero-order valence-corrected chi connectivity index (χ0v) is 11.0. The number of nitro benzene ring substituents is 1. The fourth-order valence-corrected chi connectivity index (χ4v) is 1.79. The SMILES string of the molecule is Cc1ccc(OCC(NC2CC2)C(=O)O)c([N+](=O)[O-])c1. The van der Waals surface area contributed by atoms with E-state index in [1.807, 2.05) is 0 Å². The second kappa shape index (κ2) is 5.87. The standard InChI is InChI=1S/C13H16N2O5/c1-8-2-5-12(11(6-8)15(18)19)20-7-10(13(16)17)14-9-3-4-9/h2,5-6,9-10,14H,3-4,7H2,1H3,(H,16,17). The maximum atomic E-state index is 11.1. The first-order valence-corrected chi connectivity index (χ1v) is 6.34. The number of rotatable bonds is 7. The maximum absolute atomic E-state index is 11.1. The van der Waals surface area contributed by atoms with Gasteiger partial charge in [0.1, 0.15) is 12.6 Å². The Labute approximate surface area is 115 Å². The number of hydrogen-bond acceptors (Lipinski definition) is 5. The van der Waals surface area contributed by atoms with Gasteiger partial charge in [-0.25, -0.2) is 0 Å². The first kappa shape index (κ1) is 14.3. The molecule has 1 fully saturated rings. The smallest absolute Gasteiger partial charge is 0.324 e. The summed E-state index contributed by atoms with van der Waals surface area (Å²) in [5, 5.41) is 22.9. The molecule has 2 N–H and O–H groups in total. The Kier molecular flexibility index (Phi) is 4.19. The van der Waals surface area contributed by atoms with E-state index in [2.05, 4.69) is 5.32 Å². The lowest BCUT2D eigenvalue weighted by Crippen LogP contribution is -2.42. The topological polar surface area (TPSA) is 102 Å². The third kappa shape index (κ3) is 3.67. The summed E-state index contributed by atoms with van der Waals surface area (Å²) in [6, 6.07) is 3.94. The Bertz CT molecular complexity index is 527. The first-order chi connectivity index (χ1) is 9.47. The number of nitrogens with zero attached hydrogens (tertiary/aromatic N) is 1. The van der Waals surface area contributed by atoms with Gasteiger partial charge in [0.25, 0.3) is 0 Å². The van der Waals surface area contributed by atoms with E-state index in [1.165, 1.54) is 12.1 Å². The Morgan fingerprint density at radius 3 is 2.85 bits per heavy atom. The number of benzene rings is 1. The number of hydrogen-bond donors (Lipinski definition) is 2. The van der Waals surface area contributed by atoms with E-state index in [9.17, 15) is 14.9 Å². The second-order valence-electron chi connectivity index (χ2n) is 4.87. The molecule has 0 saturated heterocycles. The van der Waals surface area contributed by atoms with E-state index >= 15 is 0 Å². The molecule has 0 spiro atoms. The average Bonchev–Trinajstić information content (AvgIpc) is 3.19. The summed E-state index contributed by atoms with van der Waals surface area (Å²) in [6.07, 6.45) is 1.91. The van der Waals surface area contributed by atoms with Crippen molar-refractivity contribution in [3.63, 3.8) is 0 Å². The van der Waals surface area contributed by atoms with Crippen LogP contribution in [0.15, 0.2) is 18.2 Å². The first-order valence-electron chi connectivity index (χ1n) is 6.34. The third-order valence-electron chi connectivity index (χ3n) is 3.03. The highest BCUT2D eigenvalue weighted by atomic mass is 16.6. The van der Waals surface area contributed by atoms with Crippen LogP contribution in [0.5, 0.6) is 5.75 Å². The molecule has 0 heterocycles. The van der Waals surface area contributed by atoms with Crippen LogP contribution in [-0.4, -0.2) is 34.7 Å². The normalized spacial score (nSPS) is 15.7. The molecule has 1 aromatic carbocycles. The average molecular weight is 280 g/mol. The van der Waals surface area contributed by atoms with Crippen molar-refractivity contribution in [2.75, 3.05) is 6.61 Å². The van der Waals surface area contributed by atoms with Gasteiger partial charge in [0.2, 0.25) is 0 Å². The summed E-state index contributed by atoms with van der Waals surface area (Å²) in [5.41, 5.74) is 0.593. The summed E-state index contributed by atoms with van der Waals surface area (Å²) < 4.78 is 5.32. The minimum Gasteiger partial charge on any atom is -0.485 e. The van der Waals surface area contributed by atoms with Crippen LogP contribution in [0.25, 0.3) is 0 Å². The van der Waals surface area contributed by atoms with Gasteiger partial charge in [-0.15, -0.1) is 0 Å². The van der Waals surface area contributed by atoms with Gasteiger partial charge in [0, 0.05) is 12.1 Å². The minimum absolute atomic E-state index is 0.0875. The van der Waals surface area contributed by atoms with Gasteiger partial charge in [-0.3, -0.25) is 20.2 Å². The summed E-state index contributed by atoms with van der Waals surface area (Å²) in [5.74, 6) is -0.934. The van der Waals surface area contributed by atoms with Gasteiger partial charge in [-0.2, -0.15) is 0 Å². The van der Waals surface area contributed by atoms with Crippen molar-refractivity contribution < 1.29 is 19.6 Å². The molecule has 1 unspecified atom stereocenters. The van der Waals surface area contributed by atoms with E-state index < -0.39 is 16.9 Å². The molecule has 0 amide bonds. The lowest BCUT2D eigenvalue weighted by Gasteiger charge is -2.15. The zero-order chi connectivity index (χ0) is 14.7. The van der Waals surface area contributed by atoms with Gasteiger partial charge < -0.3 is 9.84 Å². The van der Waals surface area contributed by atoms with Crippen LogP contribution in [0, 0.1) is 17.0 Å². The lowest BCUT2D eigenvalue weighted by atomic mass is 10.2. The van der Waals surface area contributed by atoms with Crippen LogP contribution in [0.4, 0.5) is 5.69 Å². The molecule has 0 aliphatic heterocycles. The van der Waals surface area contributed by atoms with E-state index in [0.29, 0.717) is 0 Å². The number of aryl methyl sites for hydroxylation is 1. The van der Waals surface area contributed by atoms with Gasteiger partial charge in [0.15, 0.2) is 5.75 Å². The molecule has 0 aromatic heterocycles. The molecule has 1 aromatic rings. The minimum atomic E-state index is -1.02. The van der Waals surface area contributed by atoms with Gasteiger partial charge in [0.05, 0.1) is 4.92 Å². The molecule has 1 saturated carbocycles. The Morgan fingerprint density at radius 2 is 2.30 bits per heavy atom. The quantitative estimate of drug-likeness (QED) is 0.579.